The van der Waals surface area contributed by atoms with Crippen LogP contribution in [0.3, 0.4) is 0 Å². The monoisotopic (exact) mass is 357 g/mol. The van der Waals surface area contributed by atoms with Crippen LogP contribution in [0, 0.1) is 0 Å². The van der Waals surface area contributed by atoms with Crippen LogP contribution in [0.1, 0.15) is 37.9 Å². The van der Waals surface area contributed by atoms with Crippen molar-refractivity contribution in [3.63, 3.8) is 0 Å². The Morgan fingerprint density at radius 2 is 1.96 bits per heavy atom. The molecular formula is C19H23N3O4. The Morgan fingerprint density at radius 3 is 2.50 bits per heavy atom. The van der Waals surface area contributed by atoms with Crippen molar-refractivity contribution < 1.29 is 19.1 Å². The third kappa shape index (κ3) is 5.54. The summed E-state index contributed by atoms with van der Waals surface area (Å²) in [6, 6.07) is 7.79. The molecule has 2 rings (SSSR count). The third-order valence-corrected chi connectivity index (χ3v) is 3.61. The van der Waals surface area contributed by atoms with Crippen molar-refractivity contribution >= 4 is 18.2 Å². The van der Waals surface area contributed by atoms with E-state index in [1.807, 2.05) is 0 Å². The number of benzene rings is 1. The molecule has 1 unspecified atom stereocenters. The van der Waals surface area contributed by atoms with Crippen LogP contribution in [-0.2, 0) is 20.7 Å². The zero-order chi connectivity index (χ0) is 19.2. The summed E-state index contributed by atoms with van der Waals surface area (Å²) in [5, 5.41) is 2.58. The highest BCUT2D eigenvalue weighted by Gasteiger charge is 2.31. The fourth-order valence-electron chi connectivity index (χ4n) is 2.48. The smallest absolute Gasteiger partial charge is 0.408 e. The molecule has 1 aromatic heterocycles. The van der Waals surface area contributed by atoms with Gasteiger partial charge in [-0.2, -0.15) is 0 Å². The number of ketones is 1. The molecule has 0 saturated carbocycles. The van der Waals surface area contributed by atoms with Gasteiger partial charge in [0.2, 0.25) is 0 Å². The van der Waals surface area contributed by atoms with Crippen molar-refractivity contribution in [2.45, 2.75) is 44.8 Å². The number of hydrogen-bond donors (Lipinski definition) is 2. The lowest BCUT2D eigenvalue weighted by molar-refractivity contribution is -0.126. The standard InChI is InChI=1S/C19H23N3O4/c1-19(2,3)26-18(25)22-16(9-14-10-20-12-21-14)17(24)15(11-23)13-7-5-4-6-8-13/h4-8,10-12,15-16H,9H2,1-3H3,(H,20,21)(H,22,25)/t15?,16-/m0/s1. The van der Waals surface area contributed by atoms with Gasteiger partial charge >= 0.3 is 6.09 Å². The lowest BCUT2D eigenvalue weighted by Gasteiger charge is -2.24. The van der Waals surface area contributed by atoms with Gasteiger partial charge in [-0.1, -0.05) is 30.3 Å². The highest BCUT2D eigenvalue weighted by atomic mass is 16.6. The summed E-state index contributed by atoms with van der Waals surface area (Å²) in [5.41, 5.74) is 0.542. The maximum atomic E-state index is 13.0. The molecule has 0 aliphatic heterocycles. The molecule has 0 bridgehead atoms. The van der Waals surface area contributed by atoms with Gasteiger partial charge in [-0.05, 0) is 26.3 Å². The summed E-state index contributed by atoms with van der Waals surface area (Å²) in [6.45, 7) is 5.20. The molecule has 7 heteroatoms. The predicted octanol–water partition coefficient (Wildman–Crippen LogP) is 2.40. The number of alkyl carbamates (subject to hydrolysis) is 1. The molecule has 0 aliphatic rings. The molecule has 2 aromatic rings. The van der Waals surface area contributed by atoms with Crippen molar-refractivity contribution in [2.75, 3.05) is 0 Å². The number of ether oxygens (including phenoxy) is 1. The fourth-order valence-corrected chi connectivity index (χ4v) is 2.48. The van der Waals surface area contributed by atoms with Crippen molar-refractivity contribution in [3.8, 4) is 0 Å². The van der Waals surface area contributed by atoms with Crippen LogP contribution >= 0.6 is 0 Å². The highest BCUT2D eigenvalue weighted by Crippen LogP contribution is 2.18. The average molecular weight is 357 g/mol. The molecule has 26 heavy (non-hydrogen) atoms. The number of nitrogens with one attached hydrogen (secondary N) is 2. The van der Waals surface area contributed by atoms with E-state index in [9.17, 15) is 14.4 Å². The van der Waals surface area contributed by atoms with E-state index < -0.39 is 29.4 Å². The topological polar surface area (TPSA) is 101 Å². The molecule has 138 valence electrons. The summed E-state index contributed by atoms with van der Waals surface area (Å²) >= 11 is 0. The van der Waals surface area contributed by atoms with Gasteiger partial charge in [0.15, 0.2) is 5.78 Å². The molecule has 2 N–H and O–H groups in total. The number of carbonyl (C=O) groups excluding carboxylic acids is 3. The van der Waals surface area contributed by atoms with Gasteiger partial charge < -0.3 is 19.8 Å². The number of nitrogens with zero attached hydrogens (tertiary/aromatic N) is 1. The molecule has 1 heterocycles. The molecule has 7 nitrogen and oxygen atoms in total. The van der Waals surface area contributed by atoms with Crippen LogP contribution in [0.25, 0.3) is 0 Å². The Morgan fingerprint density at radius 1 is 1.27 bits per heavy atom. The van der Waals surface area contributed by atoms with Crippen molar-refractivity contribution in [2.24, 2.45) is 0 Å². The Hall–Kier alpha value is -2.96. The van der Waals surface area contributed by atoms with E-state index in [1.54, 1.807) is 57.3 Å². The number of H-pyrrole nitrogens is 1. The number of amides is 1. The quantitative estimate of drug-likeness (QED) is 0.585. The predicted molar refractivity (Wildman–Crippen MR) is 95.7 cm³/mol. The lowest BCUT2D eigenvalue weighted by atomic mass is 9.90. The van der Waals surface area contributed by atoms with E-state index in [-0.39, 0.29) is 6.42 Å². The zero-order valence-electron chi connectivity index (χ0n) is 15.1. The van der Waals surface area contributed by atoms with Crippen LogP contribution in [0.4, 0.5) is 4.79 Å². The van der Waals surface area contributed by atoms with Crippen LogP contribution < -0.4 is 5.32 Å². The number of imidazole rings is 1. The molecule has 1 aromatic carbocycles. The molecule has 0 spiro atoms. The number of rotatable bonds is 7. The van der Waals surface area contributed by atoms with Gasteiger partial charge in [-0.25, -0.2) is 9.78 Å². The molecule has 0 radical (unpaired) electrons. The van der Waals surface area contributed by atoms with E-state index >= 15 is 0 Å². The van der Waals surface area contributed by atoms with Gasteiger partial charge in [0.05, 0.1) is 12.4 Å². The van der Waals surface area contributed by atoms with E-state index in [4.69, 9.17) is 4.74 Å². The number of hydrogen-bond acceptors (Lipinski definition) is 5. The van der Waals surface area contributed by atoms with Crippen LogP contribution in [0.2, 0.25) is 0 Å². The second-order valence-electron chi connectivity index (χ2n) is 6.91. The summed E-state index contributed by atoms with van der Waals surface area (Å²) < 4.78 is 5.24. The summed E-state index contributed by atoms with van der Waals surface area (Å²) in [4.78, 5) is 43.5. The number of Topliss-reactive ketones (excluding diaryl/α,β-unsaturated/α-hetero) is 1. The second kappa shape index (κ2) is 8.42. The first-order valence-corrected chi connectivity index (χ1v) is 8.31. The SMILES string of the molecule is CC(C)(C)OC(=O)N[C@@H](Cc1cnc[nH]1)C(=O)C(C=O)c1ccccc1. The first kappa shape index (κ1) is 19.4. The normalized spacial score (nSPS) is 13.5. The van der Waals surface area contributed by atoms with Gasteiger partial charge in [-0.15, -0.1) is 0 Å². The van der Waals surface area contributed by atoms with E-state index in [0.717, 1.165) is 0 Å². The number of aromatic amines is 1. The Bertz CT molecular complexity index is 736. The molecular weight excluding hydrogens is 334 g/mol. The summed E-state index contributed by atoms with van der Waals surface area (Å²) in [6.07, 6.45) is 3.10. The van der Waals surface area contributed by atoms with E-state index in [0.29, 0.717) is 17.5 Å². The highest BCUT2D eigenvalue weighted by molar-refractivity contribution is 6.03. The minimum Gasteiger partial charge on any atom is -0.444 e. The van der Waals surface area contributed by atoms with Gasteiger partial charge in [0, 0.05) is 18.3 Å². The Kier molecular flexibility index (Phi) is 6.27. The Labute approximate surface area is 152 Å². The second-order valence-corrected chi connectivity index (χ2v) is 6.91. The molecule has 1 amide bonds. The number of aldehydes is 1. The summed E-state index contributed by atoms with van der Waals surface area (Å²) in [5.74, 6) is -1.38. The minimum atomic E-state index is -0.973. The molecule has 0 aliphatic carbocycles. The third-order valence-electron chi connectivity index (χ3n) is 3.61. The largest absolute Gasteiger partial charge is 0.444 e. The summed E-state index contributed by atoms with van der Waals surface area (Å²) in [7, 11) is 0. The van der Waals surface area contributed by atoms with Crippen molar-refractivity contribution in [1.82, 2.24) is 15.3 Å². The first-order valence-electron chi connectivity index (χ1n) is 8.31. The van der Waals surface area contributed by atoms with Crippen molar-refractivity contribution in [3.05, 3.63) is 54.1 Å². The minimum absolute atomic E-state index is 0.176. The van der Waals surface area contributed by atoms with E-state index in [2.05, 4.69) is 15.3 Å². The van der Waals surface area contributed by atoms with Crippen LogP contribution in [0.5, 0.6) is 0 Å². The van der Waals surface area contributed by atoms with E-state index in [1.165, 1.54) is 6.33 Å². The maximum absolute atomic E-state index is 13.0. The number of carbonyl (C=O) groups is 3. The van der Waals surface area contributed by atoms with Crippen LogP contribution in [0.15, 0.2) is 42.9 Å². The molecule has 2 atom stereocenters. The zero-order valence-corrected chi connectivity index (χ0v) is 15.1. The fraction of sp³-hybridized carbons (Fsp3) is 0.368. The molecule has 0 fully saturated rings. The van der Waals surface area contributed by atoms with Gasteiger partial charge in [0.25, 0.3) is 0 Å². The number of aromatic nitrogens is 2. The Balaban J connectivity index is 2.22. The van der Waals surface area contributed by atoms with Crippen LogP contribution in [-0.4, -0.2) is 39.8 Å². The van der Waals surface area contributed by atoms with Gasteiger partial charge in [-0.3, -0.25) is 4.79 Å². The lowest BCUT2D eigenvalue weighted by Crippen LogP contribution is -2.46. The van der Waals surface area contributed by atoms with Gasteiger partial charge in [0.1, 0.15) is 17.8 Å². The van der Waals surface area contributed by atoms with Crippen molar-refractivity contribution in [1.29, 1.82) is 0 Å². The average Bonchev–Trinajstić information content (AvgIpc) is 3.07. The molecule has 0 saturated heterocycles. The first-order chi connectivity index (χ1) is 12.3. The maximum Gasteiger partial charge on any atom is 0.408 e.